The maximum atomic E-state index is 14.3. The summed E-state index contributed by atoms with van der Waals surface area (Å²) in [5.41, 5.74) is 2.00. The second kappa shape index (κ2) is 6.30. The van der Waals surface area contributed by atoms with E-state index in [4.69, 9.17) is 0 Å². The van der Waals surface area contributed by atoms with Crippen molar-refractivity contribution in [1.82, 2.24) is 9.78 Å². The lowest BCUT2D eigenvalue weighted by molar-refractivity contribution is 0.0987. The van der Waals surface area contributed by atoms with Crippen molar-refractivity contribution in [3.8, 4) is 0 Å². The van der Waals surface area contributed by atoms with Crippen molar-refractivity contribution in [3.05, 3.63) is 47.0 Å². The van der Waals surface area contributed by atoms with E-state index in [0.29, 0.717) is 29.1 Å². The number of amides is 1. The zero-order valence-electron chi connectivity index (χ0n) is 13.7. The topological polar surface area (TPSA) is 38.1 Å². The first-order valence-corrected chi connectivity index (χ1v) is 7.49. The number of aromatic nitrogens is 2. The zero-order chi connectivity index (χ0) is 16.4. The van der Waals surface area contributed by atoms with Crippen LogP contribution in [0.15, 0.2) is 24.4 Å². The molecule has 0 saturated heterocycles. The molecule has 22 heavy (non-hydrogen) atoms. The summed E-state index contributed by atoms with van der Waals surface area (Å²) in [6.07, 6.45) is 1.73. The van der Waals surface area contributed by atoms with Crippen molar-refractivity contribution in [1.29, 1.82) is 0 Å². The van der Waals surface area contributed by atoms with Crippen molar-refractivity contribution in [2.45, 2.75) is 40.7 Å². The van der Waals surface area contributed by atoms with E-state index in [2.05, 4.69) is 5.10 Å². The van der Waals surface area contributed by atoms with Gasteiger partial charge in [-0.3, -0.25) is 9.48 Å². The number of hydrogen-bond donors (Lipinski definition) is 0. The standard InChI is InChI=1S/C17H22FN3O/c1-6-20(15-9-7-8-12(4)16(15)18)17(22)14-10-21(11(2)3)19-13(14)5/h7-11H,6H2,1-5H3. The fourth-order valence-electron chi connectivity index (χ4n) is 2.37. The summed E-state index contributed by atoms with van der Waals surface area (Å²) >= 11 is 0. The summed E-state index contributed by atoms with van der Waals surface area (Å²) in [7, 11) is 0. The normalized spacial score (nSPS) is 11.0. The van der Waals surface area contributed by atoms with Gasteiger partial charge < -0.3 is 4.90 Å². The second-order valence-electron chi connectivity index (χ2n) is 5.66. The number of aryl methyl sites for hydroxylation is 2. The summed E-state index contributed by atoms with van der Waals surface area (Å²) in [6.45, 7) is 9.72. The van der Waals surface area contributed by atoms with Gasteiger partial charge in [-0.05, 0) is 46.2 Å². The molecule has 0 aliphatic heterocycles. The Morgan fingerprint density at radius 1 is 1.36 bits per heavy atom. The van der Waals surface area contributed by atoms with Crippen molar-refractivity contribution in [2.24, 2.45) is 0 Å². The molecule has 0 atom stereocenters. The van der Waals surface area contributed by atoms with E-state index in [1.807, 2.05) is 20.8 Å². The highest BCUT2D eigenvalue weighted by Gasteiger charge is 2.23. The molecule has 1 heterocycles. The molecule has 1 aromatic carbocycles. The molecule has 0 unspecified atom stereocenters. The third kappa shape index (κ3) is 2.89. The molecular weight excluding hydrogens is 281 g/mol. The molecule has 2 rings (SSSR count). The third-order valence-electron chi connectivity index (χ3n) is 3.70. The molecule has 1 aromatic heterocycles. The molecule has 0 bridgehead atoms. The van der Waals surface area contributed by atoms with E-state index in [9.17, 15) is 9.18 Å². The van der Waals surface area contributed by atoms with E-state index < -0.39 is 0 Å². The van der Waals surface area contributed by atoms with Crippen molar-refractivity contribution in [3.63, 3.8) is 0 Å². The lowest BCUT2D eigenvalue weighted by atomic mass is 10.1. The molecule has 2 aromatic rings. The van der Waals surface area contributed by atoms with Gasteiger partial charge in [-0.2, -0.15) is 5.10 Å². The SMILES string of the molecule is CCN(C(=O)c1cn(C(C)C)nc1C)c1cccc(C)c1F. The maximum absolute atomic E-state index is 14.3. The maximum Gasteiger partial charge on any atom is 0.261 e. The fourth-order valence-corrected chi connectivity index (χ4v) is 2.37. The van der Waals surface area contributed by atoms with Crippen LogP contribution in [0.4, 0.5) is 10.1 Å². The Hall–Kier alpha value is -2.17. The lowest BCUT2D eigenvalue weighted by Crippen LogP contribution is -2.31. The quantitative estimate of drug-likeness (QED) is 0.859. The van der Waals surface area contributed by atoms with Gasteiger partial charge in [-0.1, -0.05) is 12.1 Å². The van der Waals surface area contributed by atoms with Gasteiger partial charge in [0.2, 0.25) is 0 Å². The van der Waals surface area contributed by atoms with Crippen molar-refractivity contribution in [2.75, 3.05) is 11.4 Å². The molecule has 0 spiro atoms. The van der Waals surface area contributed by atoms with Gasteiger partial charge in [0.15, 0.2) is 0 Å². The average molecular weight is 303 g/mol. The van der Waals surface area contributed by atoms with Gasteiger partial charge in [0.05, 0.1) is 16.9 Å². The molecule has 0 fully saturated rings. The van der Waals surface area contributed by atoms with Crippen LogP contribution in [0.25, 0.3) is 0 Å². The van der Waals surface area contributed by atoms with Gasteiger partial charge in [-0.15, -0.1) is 0 Å². The largest absolute Gasteiger partial charge is 0.306 e. The predicted molar refractivity (Wildman–Crippen MR) is 85.8 cm³/mol. The molecule has 118 valence electrons. The summed E-state index contributed by atoms with van der Waals surface area (Å²) < 4.78 is 16.1. The summed E-state index contributed by atoms with van der Waals surface area (Å²) in [4.78, 5) is 14.3. The van der Waals surface area contributed by atoms with Gasteiger partial charge in [0.25, 0.3) is 5.91 Å². The number of halogens is 1. The van der Waals surface area contributed by atoms with E-state index in [-0.39, 0.29) is 17.8 Å². The van der Waals surface area contributed by atoms with Crippen LogP contribution < -0.4 is 4.90 Å². The first-order valence-electron chi connectivity index (χ1n) is 7.49. The highest BCUT2D eigenvalue weighted by atomic mass is 19.1. The van der Waals surface area contributed by atoms with Gasteiger partial charge in [0.1, 0.15) is 5.82 Å². The van der Waals surface area contributed by atoms with Crippen molar-refractivity contribution >= 4 is 11.6 Å². The van der Waals surface area contributed by atoms with Gasteiger partial charge in [-0.25, -0.2) is 4.39 Å². The highest BCUT2D eigenvalue weighted by molar-refractivity contribution is 6.06. The molecule has 0 N–H and O–H groups in total. The van der Waals surface area contributed by atoms with Crippen LogP contribution in [0, 0.1) is 19.7 Å². The van der Waals surface area contributed by atoms with E-state index >= 15 is 0 Å². The van der Waals surface area contributed by atoms with Crippen LogP contribution in [0.1, 0.15) is 48.4 Å². The minimum Gasteiger partial charge on any atom is -0.306 e. The molecule has 0 saturated carbocycles. The smallest absolute Gasteiger partial charge is 0.261 e. The van der Waals surface area contributed by atoms with Crippen LogP contribution in [-0.2, 0) is 0 Å². The molecule has 4 nitrogen and oxygen atoms in total. The van der Waals surface area contributed by atoms with Crippen LogP contribution >= 0.6 is 0 Å². The van der Waals surface area contributed by atoms with Gasteiger partial charge >= 0.3 is 0 Å². The Kier molecular flexibility index (Phi) is 4.64. The molecule has 1 amide bonds. The first-order chi connectivity index (χ1) is 10.4. The lowest BCUT2D eigenvalue weighted by Gasteiger charge is -2.22. The number of hydrogen-bond acceptors (Lipinski definition) is 2. The summed E-state index contributed by atoms with van der Waals surface area (Å²) in [5, 5.41) is 4.36. The minimum absolute atomic E-state index is 0.172. The first kappa shape index (κ1) is 16.2. The number of anilines is 1. The number of carbonyl (C=O) groups is 1. The van der Waals surface area contributed by atoms with Gasteiger partial charge in [0, 0.05) is 18.8 Å². The Labute approximate surface area is 130 Å². The van der Waals surface area contributed by atoms with Crippen LogP contribution in [0.5, 0.6) is 0 Å². The average Bonchev–Trinajstić information content (AvgIpc) is 2.86. The predicted octanol–water partition coefficient (Wildman–Crippen LogP) is 3.89. The summed E-state index contributed by atoms with van der Waals surface area (Å²) in [6, 6.07) is 5.25. The monoisotopic (exact) mass is 303 g/mol. The minimum atomic E-state index is -0.355. The Bertz CT molecular complexity index is 691. The summed E-state index contributed by atoms with van der Waals surface area (Å²) in [5.74, 6) is -0.581. The zero-order valence-corrected chi connectivity index (χ0v) is 13.7. The van der Waals surface area contributed by atoms with E-state index in [0.717, 1.165) is 0 Å². The Morgan fingerprint density at radius 3 is 2.59 bits per heavy atom. The molecule has 0 aliphatic carbocycles. The van der Waals surface area contributed by atoms with E-state index in [1.165, 1.54) is 4.90 Å². The number of nitrogens with zero attached hydrogens (tertiary/aromatic N) is 3. The Balaban J connectivity index is 2.43. The van der Waals surface area contributed by atoms with Crippen LogP contribution in [0.2, 0.25) is 0 Å². The Morgan fingerprint density at radius 2 is 2.05 bits per heavy atom. The highest BCUT2D eigenvalue weighted by Crippen LogP contribution is 2.24. The molecule has 5 heteroatoms. The van der Waals surface area contributed by atoms with Crippen LogP contribution in [-0.4, -0.2) is 22.2 Å². The molecular formula is C17H22FN3O. The third-order valence-corrected chi connectivity index (χ3v) is 3.70. The number of rotatable bonds is 4. The number of benzene rings is 1. The fraction of sp³-hybridized carbons (Fsp3) is 0.412. The van der Waals surface area contributed by atoms with E-state index in [1.54, 1.807) is 42.9 Å². The number of carbonyl (C=O) groups excluding carboxylic acids is 1. The van der Waals surface area contributed by atoms with Crippen molar-refractivity contribution < 1.29 is 9.18 Å². The molecule has 0 aliphatic rings. The van der Waals surface area contributed by atoms with Crippen LogP contribution in [0.3, 0.4) is 0 Å². The molecule has 0 radical (unpaired) electrons. The second-order valence-corrected chi connectivity index (χ2v) is 5.66.